The maximum absolute atomic E-state index is 11.5. The van der Waals surface area contributed by atoms with Crippen LogP contribution in [0.1, 0.15) is 48.4 Å². The van der Waals surface area contributed by atoms with Gasteiger partial charge in [-0.25, -0.2) is 4.79 Å². The molecule has 0 aromatic carbocycles. The van der Waals surface area contributed by atoms with Crippen molar-refractivity contribution in [3.8, 4) is 0 Å². The summed E-state index contributed by atoms with van der Waals surface area (Å²) in [6, 6.07) is 1.87. The first-order chi connectivity index (χ1) is 6.56. The summed E-state index contributed by atoms with van der Waals surface area (Å²) in [6.45, 7) is 8.28. The van der Waals surface area contributed by atoms with Crippen LogP contribution in [0, 0.1) is 6.92 Å². The maximum atomic E-state index is 11.5. The molecular formula is C11H17NO2. The van der Waals surface area contributed by atoms with Gasteiger partial charge < -0.3 is 9.72 Å². The molecule has 1 N–H and O–H groups in total. The molecule has 3 nitrogen and oxygen atoms in total. The lowest BCUT2D eigenvalue weighted by Gasteiger charge is -1.99. The molecule has 0 aliphatic rings. The van der Waals surface area contributed by atoms with Crippen molar-refractivity contribution in [2.45, 2.75) is 33.6 Å². The third kappa shape index (κ3) is 2.16. The number of aryl methyl sites for hydroxylation is 1. The summed E-state index contributed by atoms with van der Waals surface area (Å²) in [7, 11) is 0. The lowest BCUT2D eigenvalue weighted by atomic mass is 10.1. The van der Waals surface area contributed by atoms with E-state index in [2.05, 4.69) is 18.8 Å². The van der Waals surface area contributed by atoms with Crippen LogP contribution in [0.2, 0.25) is 0 Å². The zero-order valence-corrected chi connectivity index (χ0v) is 9.18. The van der Waals surface area contributed by atoms with Gasteiger partial charge in [0.2, 0.25) is 0 Å². The number of hydrogen-bond acceptors (Lipinski definition) is 2. The number of hydrogen-bond donors (Lipinski definition) is 1. The molecule has 0 saturated carbocycles. The lowest BCUT2D eigenvalue weighted by Crippen LogP contribution is -2.04. The van der Waals surface area contributed by atoms with Gasteiger partial charge in [-0.2, -0.15) is 0 Å². The van der Waals surface area contributed by atoms with E-state index >= 15 is 0 Å². The first-order valence-electron chi connectivity index (χ1n) is 4.92. The Hall–Kier alpha value is -1.25. The topological polar surface area (TPSA) is 42.1 Å². The van der Waals surface area contributed by atoms with E-state index in [0.717, 1.165) is 11.4 Å². The number of rotatable bonds is 3. The average molecular weight is 195 g/mol. The van der Waals surface area contributed by atoms with Gasteiger partial charge in [0, 0.05) is 11.4 Å². The minimum atomic E-state index is -0.242. The van der Waals surface area contributed by atoms with E-state index in [1.165, 1.54) is 0 Å². The van der Waals surface area contributed by atoms with E-state index < -0.39 is 0 Å². The summed E-state index contributed by atoms with van der Waals surface area (Å²) >= 11 is 0. The Balaban J connectivity index is 2.92. The summed E-state index contributed by atoms with van der Waals surface area (Å²) in [5.41, 5.74) is 2.60. The smallest absolute Gasteiger partial charge is 0.339 e. The Bertz CT molecular complexity index is 326. The molecule has 1 heterocycles. The van der Waals surface area contributed by atoms with Crippen LogP contribution in [0.5, 0.6) is 0 Å². The highest BCUT2D eigenvalue weighted by atomic mass is 16.5. The Labute approximate surface area is 84.5 Å². The molecule has 0 spiro atoms. The number of H-pyrrole nitrogens is 1. The number of ether oxygens (including phenoxy) is 1. The fraction of sp³-hybridized carbons (Fsp3) is 0.545. The molecule has 1 aromatic heterocycles. The number of aromatic nitrogens is 1. The molecular weight excluding hydrogens is 178 g/mol. The van der Waals surface area contributed by atoms with Crippen LogP contribution in [-0.4, -0.2) is 17.6 Å². The normalized spacial score (nSPS) is 10.6. The fourth-order valence-corrected chi connectivity index (χ4v) is 1.32. The van der Waals surface area contributed by atoms with E-state index in [9.17, 15) is 4.79 Å². The van der Waals surface area contributed by atoms with Gasteiger partial charge in [-0.05, 0) is 25.8 Å². The lowest BCUT2D eigenvalue weighted by molar-refractivity contribution is 0.0525. The molecule has 1 rings (SSSR count). The number of esters is 1. The van der Waals surface area contributed by atoms with Crippen LogP contribution in [0.15, 0.2) is 6.07 Å². The molecule has 14 heavy (non-hydrogen) atoms. The third-order valence-electron chi connectivity index (χ3n) is 2.15. The van der Waals surface area contributed by atoms with Crippen LogP contribution in [0.3, 0.4) is 0 Å². The van der Waals surface area contributed by atoms with Crippen molar-refractivity contribution in [1.29, 1.82) is 0 Å². The summed E-state index contributed by atoms with van der Waals surface area (Å²) in [5, 5.41) is 0. The van der Waals surface area contributed by atoms with Crippen molar-refractivity contribution in [3.05, 3.63) is 23.0 Å². The molecule has 3 heteroatoms. The van der Waals surface area contributed by atoms with E-state index in [4.69, 9.17) is 4.74 Å². The Morgan fingerprint density at radius 2 is 2.21 bits per heavy atom. The minimum absolute atomic E-state index is 0.242. The van der Waals surface area contributed by atoms with E-state index in [-0.39, 0.29) is 5.97 Å². The summed E-state index contributed by atoms with van der Waals surface area (Å²) in [6.07, 6.45) is 0. The minimum Gasteiger partial charge on any atom is -0.462 e. The zero-order valence-electron chi connectivity index (χ0n) is 9.18. The van der Waals surface area contributed by atoms with Gasteiger partial charge >= 0.3 is 5.97 Å². The van der Waals surface area contributed by atoms with Crippen molar-refractivity contribution >= 4 is 5.97 Å². The van der Waals surface area contributed by atoms with E-state index in [1.54, 1.807) is 0 Å². The number of carbonyl (C=O) groups excluding carboxylic acids is 1. The molecule has 0 bridgehead atoms. The summed E-state index contributed by atoms with van der Waals surface area (Å²) < 4.78 is 4.94. The number of nitrogens with one attached hydrogen (secondary N) is 1. The zero-order chi connectivity index (χ0) is 10.7. The van der Waals surface area contributed by atoms with Crippen molar-refractivity contribution in [1.82, 2.24) is 4.98 Å². The number of carbonyl (C=O) groups is 1. The first kappa shape index (κ1) is 10.8. The van der Waals surface area contributed by atoms with Gasteiger partial charge in [0.15, 0.2) is 0 Å². The predicted octanol–water partition coefficient (Wildman–Crippen LogP) is 2.62. The molecule has 0 aliphatic heterocycles. The fourth-order valence-electron chi connectivity index (χ4n) is 1.32. The molecule has 1 aromatic rings. The van der Waals surface area contributed by atoms with Gasteiger partial charge in [-0.1, -0.05) is 13.8 Å². The van der Waals surface area contributed by atoms with Gasteiger partial charge in [0.25, 0.3) is 0 Å². The highest BCUT2D eigenvalue weighted by Gasteiger charge is 2.14. The Morgan fingerprint density at radius 1 is 1.57 bits per heavy atom. The largest absolute Gasteiger partial charge is 0.462 e. The van der Waals surface area contributed by atoms with Crippen LogP contribution in [0.25, 0.3) is 0 Å². The molecule has 0 radical (unpaired) electrons. The van der Waals surface area contributed by atoms with E-state index in [1.807, 2.05) is 19.9 Å². The molecule has 0 fully saturated rings. The highest BCUT2D eigenvalue weighted by Crippen LogP contribution is 2.18. The van der Waals surface area contributed by atoms with E-state index in [0.29, 0.717) is 18.1 Å². The van der Waals surface area contributed by atoms with Crippen molar-refractivity contribution in [2.75, 3.05) is 6.61 Å². The predicted molar refractivity (Wildman–Crippen MR) is 55.6 cm³/mol. The SMILES string of the molecule is CCOC(=O)c1cc(C(C)C)[nH]c1C. The van der Waals surface area contributed by atoms with Crippen LogP contribution < -0.4 is 0 Å². The standard InChI is InChI=1S/C11H17NO2/c1-5-14-11(13)9-6-10(7(2)3)12-8(9)4/h6-7,12H,5H2,1-4H3. The molecule has 0 saturated heterocycles. The first-order valence-corrected chi connectivity index (χ1v) is 4.92. The highest BCUT2D eigenvalue weighted by molar-refractivity contribution is 5.91. The summed E-state index contributed by atoms with van der Waals surface area (Å²) in [5.74, 6) is 0.157. The van der Waals surface area contributed by atoms with Gasteiger partial charge in [0.1, 0.15) is 0 Å². The van der Waals surface area contributed by atoms with Crippen molar-refractivity contribution in [3.63, 3.8) is 0 Å². The maximum Gasteiger partial charge on any atom is 0.339 e. The average Bonchev–Trinajstić information content (AvgIpc) is 2.48. The quantitative estimate of drug-likeness (QED) is 0.753. The monoisotopic (exact) mass is 195 g/mol. The Kier molecular flexibility index (Phi) is 3.33. The van der Waals surface area contributed by atoms with Gasteiger partial charge in [0.05, 0.1) is 12.2 Å². The second-order valence-corrected chi connectivity index (χ2v) is 3.64. The van der Waals surface area contributed by atoms with Crippen LogP contribution in [-0.2, 0) is 4.74 Å². The third-order valence-corrected chi connectivity index (χ3v) is 2.15. The second-order valence-electron chi connectivity index (χ2n) is 3.64. The molecule has 0 unspecified atom stereocenters. The van der Waals surface area contributed by atoms with Crippen LogP contribution >= 0.6 is 0 Å². The van der Waals surface area contributed by atoms with Gasteiger partial charge in [-0.3, -0.25) is 0 Å². The summed E-state index contributed by atoms with van der Waals surface area (Å²) in [4.78, 5) is 14.6. The molecule has 0 aliphatic carbocycles. The number of aromatic amines is 1. The Morgan fingerprint density at radius 3 is 2.64 bits per heavy atom. The van der Waals surface area contributed by atoms with Crippen molar-refractivity contribution in [2.24, 2.45) is 0 Å². The second kappa shape index (κ2) is 4.31. The molecule has 0 atom stereocenters. The molecule has 0 amide bonds. The van der Waals surface area contributed by atoms with Crippen LogP contribution in [0.4, 0.5) is 0 Å². The van der Waals surface area contributed by atoms with Crippen molar-refractivity contribution < 1.29 is 9.53 Å². The molecule has 78 valence electrons. The van der Waals surface area contributed by atoms with Gasteiger partial charge in [-0.15, -0.1) is 0 Å².